The number of benzene rings is 1. The predicted molar refractivity (Wildman–Crippen MR) is 115 cm³/mol. The first-order valence-electron chi connectivity index (χ1n) is 10.7. The summed E-state index contributed by atoms with van der Waals surface area (Å²) in [5.41, 5.74) is 9.73. The lowest BCUT2D eigenvalue weighted by atomic mass is 9.77. The Morgan fingerprint density at radius 2 is 2.13 bits per heavy atom. The molecule has 7 nitrogen and oxygen atoms in total. The molecule has 3 heterocycles. The Bertz CT molecular complexity index is 1000. The van der Waals surface area contributed by atoms with E-state index in [4.69, 9.17) is 10.5 Å². The Morgan fingerprint density at radius 1 is 1.20 bits per heavy atom. The highest BCUT2D eigenvalue weighted by molar-refractivity contribution is 5.38. The summed E-state index contributed by atoms with van der Waals surface area (Å²) < 4.78 is 8.16. The monoisotopic (exact) mass is 404 g/mol. The van der Waals surface area contributed by atoms with Gasteiger partial charge < -0.3 is 15.0 Å². The summed E-state index contributed by atoms with van der Waals surface area (Å²) in [5.74, 6) is 1.36. The molecule has 3 aromatic rings. The minimum Gasteiger partial charge on any atom is -0.491 e. The van der Waals surface area contributed by atoms with Crippen molar-refractivity contribution in [3.8, 4) is 5.75 Å². The van der Waals surface area contributed by atoms with Crippen LogP contribution in [0.25, 0.3) is 0 Å². The number of nitrogens with two attached hydrogens (primary N) is 1. The molecular weight excluding hydrogens is 376 g/mol. The van der Waals surface area contributed by atoms with Gasteiger partial charge in [-0.3, -0.25) is 4.90 Å². The fraction of sp³-hybridized carbons (Fsp3) is 0.435. The minimum atomic E-state index is 0.113. The van der Waals surface area contributed by atoms with Gasteiger partial charge in [-0.1, -0.05) is 18.2 Å². The Balaban J connectivity index is 1.28. The smallest absolute Gasteiger partial charge is 0.220 e. The third-order valence-corrected chi connectivity index (χ3v) is 6.45. The van der Waals surface area contributed by atoms with Crippen LogP contribution in [0.1, 0.15) is 36.1 Å². The number of fused-ring (bicyclic) bond motifs is 2. The zero-order valence-corrected chi connectivity index (χ0v) is 17.2. The van der Waals surface area contributed by atoms with Crippen molar-refractivity contribution < 1.29 is 4.74 Å². The fourth-order valence-electron chi connectivity index (χ4n) is 5.01. The molecule has 2 aromatic heterocycles. The molecule has 0 bridgehead atoms. The molecule has 0 saturated carbocycles. The van der Waals surface area contributed by atoms with Crippen molar-refractivity contribution in [1.29, 1.82) is 0 Å². The Labute approximate surface area is 176 Å². The Kier molecular flexibility index (Phi) is 5.12. The lowest BCUT2D eigenvalue weighted by Crippen LogP contribution is -2.45. The molecule has 1 fully saturated rings. The summed E-state index contributed by atoms with van der Waals surface area (Å²) in [7, 11) is 0. The summed E-state index contributed by atoms with van der Waals surface area (Å²) in [4.78, 5) is 15.5. The number of para-hydroxylation sites is 1. The summed E-state index contributed by atoms with van der Waals surface area (Å²) >= 11 is 0. The second-order valence-electron chi connectivity index (χ2n) is 8.45. The van der Waals surface area contributed by atoms with E-state index in [0.717, 1.165) is 44.8 Å². The van der Waals surface area contributed by atoms with E-state index < -0.39 is 0 Å². The normalized spacial score (nSPS) is 21.1. The molecular formula is C23H28N6O. The number of rotatable bonds is 6. The Morgan fingerprint density at radius 3 is 3.03 bits per heavy atom. The quantitative estimate of drug-likeness (QED) is 0.680. The van der Waals surface area contributed by atoms with Crippen LogP contribution in [0, 0.1) is 0 Å². The van der Waals surface area contributed by atoms with E-state index in [1.807, 2.05) is 29.4 Å². The summed E-state index contributed by atoms with van der Waals surface area (Å²) in [6.07, 6.45) is 12.0. The van der Waals surface area contributed by atoms with Crippen LogP contribution in [0.15, 0.2) is 49.2 Å². The first-order valence-corrected chi connectivity index (χ1v) is 10.7. The molecule has 5 rings (SSSR count). The molecule has 0 radical (unpaired) electrons. The largest absolute Gasteiger partial charge is 0.491 e. The number of nitrogen functional groups attached to an aromatic ring is 1. The zero-order chi connectivity index (χ0) is 20.4. The van der Waals surface area contributed by atoms with Crippen molar-refractivity contribution in [3.05, 3.63) is 66.0 Å². The number of ether oxygens (including phenoxy) is 1. The van der Waals surface area contributed by atoms with Crippen molar-refractivity contribution >= 4 is 5.95 Å². The number of hydrogen-bond donors (Lipinski definition) is 1. The first-order chi connectivity index (χ1) is 14.7. The van der Waals surface area contributed by atoms with E-state index >= 15 is 0 Å². The average Bonchev–Trinajstić information content (AvgIpc) is 3.39. The number of anilines is 1. The van der Waals surface area contributed by atoms with Gasteiger partial charge in [0.1, 0.15) is 12.4 Å². The number of piperidine rings is 1. The molecule has 1 aliphatic carbocycles. The van der Waals surface area contributed by atoms with E-state index in [9.17, 15) is 0 Å². The van der Waals surface area contributed by atoms with Gasteiger partial charge in [0.25, 0.3) is 0 Å². The fourth-order valence-corrected chi connectivity index (χ4v) is 5.01. The number of likely N-dealkylation sites (tertiary alicyclic amines) is 1. The summed E-state index contributed by atoms with van der Waals surface area (Å²) in [6, 6.07) is 8.38. The molecule has 2 aliphatic rings. The van der Waals surface area contributed by atoms with Crippen LogP contribution in [0.3, 0.4) is 0 Å². The molecule has 1 aromatic carbocycles. The van der Waals surface area contributed by atoms with Crippen molar-refractivity contribution in [2.45, 2.75) is 44.2 Å². The minimum absolute atomic E-state index is 0.113. The number of hydrogen-bond acceptors (Lipinski definition) is 6. The van der Waals surface area contributed by atoms with Gasteiger partial charge in [-0.15, -0.1) is 0 Å². The third-order valence-electron chi connectivity index (χ3n) is 6.45. The molecule has 1 spiro atoms. The van der Waals surface area contributed by atoms with Crippen LogP contribution in [-0.4, -0.2) is 44.1 Å². The van der Waals surface area contributed by atoms with Crippen molar-refractivity contribution in [3.63, 3.8) is 0 Å². The van der Waals surface area contributed by atoms with Crippen LogP contribution in [0.4, 0.5) is 5.95 Å². The molecule has 2 N–H and O–H groups in total. The molecule has 156 valence electrons. The van der Waals surface area contributed by atoms with Gasteiger partial charge >= 0.3 is 0 Å². The average molecular weight is 405 g/mol. The van der Waals surface area contributed by atoms with Crippen LogP contribution in [0.5, 0.6) is 5.75 Å². The van der Waals surface area contributed by atoms with Gasteiger partial charge in [0.05, 0.1) is 18.6 Å². The van der Waals surface area contributed by atoms with Gasteiger partial charge in [0, 0.05) is 42.7 Å². The lowest BCUT2D eigenvalue weighted by molar-refractivity contribution is 0.135. The molecule has 0 amide bonds. The maximum Gasteiger partial charge on any atom is 0.220 e. The molecule has 1 atom stereocenters. The predicted octanol–water partition coefficient (Wildman–Crippen LogP) is 2.81. The number of nitrogens with zero attached hydrogens (tertiary/aromatic N) is 5. The van der Waals surface area contributed by atoms with E-state index in [1.54, 1.807) is 6.20 Å². The van der Waals surface area contributed by atoms with E-state index in [1.165, 1.54) is 29.7 Å². The van der Waals surface area contributed by atoms with E-state index in [2.05, 4.69) is 38.1 Å². The van der Waals surface area contributed by atoms with Crippen molar-refractivity contribution in [2.24, 2.45) is 0 Å². The molecule has 30 heavy (non-hydrogen) atoms. The van der Waals surface area contributed by atoms with E-state index in [-0.39, 0.29) is 5.41 Å². The SMILES string of the molecule is Nc1ncc2c(n1)C1(CCCN(Cc3ccccc3OCCn3ccnc3)C1)CC2. The van der Waals surface area contributed by atoms with Crippen LogP contribution in [0.2, 0.25) is 0 Å². The zero-order valence-electron chi connectivity index (χ0n) is 17.2. The first kappa shape index (κ1) is 19.1. The topological polar surface area (TPSA) is 82.1 Å². The highest BCUT2D eigenvalue weighted by atomic mass is 16.5. The second kappa shape index (κ2) is 8.07. The molecule has 7 heteroatoms. The van der Waals surface area contributed by atoms with Crippen molar-refractivity contribution in [1.82, 2.24) is 24.4 Å². The maximum absolute atomic E-state index is 6.13. The van der Waals surface area contributed by atoms with Crippen LogP contribution in [-0.2, 0) is 24.9 Å². The van der Waals surface area contributed by atoms with Crippen LogP contribution >= 0.6 is 0 Å². The summed E-state index contributed by atoms with van der Waals surface area (Å²) in [6.45, 7) is 4.42. The van der Waals surface area contributed by atoms with Gasteiger partial charge in [0.15, 0.2) is 0 Å². The highest BCUT2D eigenvalue weighted by Crippen LogP contribution is 2.44. The Hall–Kier alpha value is -2.93. The van der Waals surface area contributed by atoms with Gasteiger partial charge in [-0.25, -0.2) is 15.0 Å². The molecule has 1 unspecified atom stereocenters. The second-order valence-corrected chi connectivity index (χ2v) is 8.45. The number of aromatic nitrogens is 4. The van der Waals surface area contributed by atoms with Gasteiger partial charge in [-0.2, -0.15) is 0 Å². The molecule has 1 saturated heterocycles. The summed E-state index contributed by atoms with van der Waals surface area (Å²) in [5, 5.41) is 0. The van der Waals surface area contributed by atoms with Crippen LogP contribution < -0.4 is 10.5 Å². The van der Waals surface area contributed by atoms with Crippen molar-refractivity contribution in [2.75, 3.05) is 25.4 Å². The number of aryl methyl sites for hydroxylation is 1. The molecule has 1 aliphatic heterocycles. The third kappa shape index (κ3) is 3.77. The number of imidazole rings is 1. The highest BCUT2D eigenvalue weighted by Gasteiger charge is 2.43. The van der Waals surface area contributed by atoms with E-state index in [0.29, 0.717) is 12.6 Å². The maximum atomic E-state index is 6.13. The standard InChI is InChI=1S/C23H28N6O/c24-22-26-14-18-6-8-23(21(18)27-22)7-3-10-29(16-23)15-19-4-1-2-5-20(19)30-13-12-28-11-9-25-17-28/h1-2,4-5,9,11,14,17H,3,6-8,10,12-13,15-16H2,(H2,24,26,27). The lowest BCUT2D eigenvalue weighted by Gasteiger charge is -2.40. The van der Waals surface area contributed by atoms with Gasteiger partial charge in [-0.05, 0) is 43.9 Å². The van der Waals surface area contributed by atoms with Gasteiger partial charge in [0.2, 0.25) is 5.95 Å².